The van der Waals surface area contributed by atoms with Crippen LogP contribution in [0.1, 0.15) is 31.4 Å². The molecule has 1 aromatic heterocycles. The second-order valence-corrected chi connectivity index (χ2v) is 5.37. The number of methoxy groups -OCH3 is 1. The van der Waals surface area contributed by atoms with E-state index in [2.05, 4.69) is 15.3 Å². The molecule has 0 atom stereocenters. The topological polar surface area (TPSA) is 47.0 Å². The van der Waals surface area contributed by atoms with Crippen LogP contribution in [-0.2, 0) is 0 Å². The first-order valence-corrected chi connectivity index (χ1v) is 6.35. The second-order valence-electron chi connectivity index (χ2n) is 5.37. The molecule has 0 aromatic carbocycles. The van der Waals surface area contributed by atoms with Crippen molar-refractivity contribution in [2.24, 2.45) is 11.3 Å². The van der Waals surface area contributed by atoms with E-state index in [1.165, 1.54) is 25.7 Å². The standard InChI is InChI=1S/C13H19N3O/c1-9-7-11(17-2)16-12(15-9)14-8-13(5-6-13)10-3-4-10/h7,10H,3-6,8H2,1-2H3,(H,14,15,16). The Morgan fingerprint density at radius 3 is 2.76 bits per heavy atom. The van der Waals surface area contributed by atoms with Crippen LogP contribution in [0.5, 0.6) is 5.88 Å². The molecule has 0 radical (unpaired) electrons. The Labute approximate surface area is 102 Å². The van der Waals surface area contributed by atoms with Gasteiger partial charge in [0.15, 0.2) is 0 Å². The highest BCUT2D eigenvalue weighted by molar-refractivity contribution is 5.31. The molecular weight excluding hydrogens is 214 g/mol. The average Bonchev–Trinajstić information content (AvgIpc) is 3.15. The number of ether oxygens (including phenoxy) is 1. The van der Waals surface area contributed by atoms with Crippen LogP contribution >= 0.6 is 0 Å². The fourth-order valence-electron chi connectivity index (χ4n) is 2.56. The normalized spacial score (nSPS) is 21.1. The molecule has 0 aliphatic heterocycles. The maximum absolute atomic E-state index is 5.15. The van der Waals surface area contributed by atoms with Crippen LogP contribution in [0.25, 0.3) is 0 Å². The Hall–Kier alpha value is -1.32. The van der Waals surface area contributed by atoms with E-state index < -0.39 is 0 Å². The summed E-state index contributed by atoms with van der Waals surface area (Å²) in [6.45, 7) is 2.98. The average molecular weight is 233 g/mol. The summed E-state index contributed by atoms with van der Waals surface area (Å²) < 4.78 is 5.15. The number of rotatable bonds is 5. The van der Waals surface area contributed by atoms with Crippen molar-refractivity contribution < 1.29 is 4.74 Å². The zero-order chi connectivity index (χ0) is 11.9. The van der Waals surface area contributed by atoms with Crippen LogP contribution in [0.2, 0.25) is 0 Å². The first-order valence-electron chi connectivity index (χ1n) is 6.35. The van der Waals surface area contributed by atoms with Crippen molar-refractivity contribution in [2.45, 2.75) is 32.6 Å². The number of hydrogen-bond acceptors (Lipinski definition) is 4. The van der Waals surface area contributed by atoms with E-state index in [1.54, 1.807) is 7.11 Å². The molecule has 92 valence electrons. The van der Waals surface area contributed by atoms with Gasteiger partial charge in [0, 0.05) is 18.3 Å². The summed E-state index contributed by atoms with van der Waals surface area (Å²) in [5, 5.41) is 3.38. The third-order valence-corrected chi connectivity index (χ3v) is 3.97. The monoisotopic (exact) mass is 233 g/mol. The zero-order valence-corrected chi connectivity index (χ0v) is 10.5. The number of anilines is 1. The lowest BCUT2D eigenvalue weighted by Gasteiger charge is -2.15. The number of aromatic nitrogens is 2. The van der Waals surface area contributed by atoms with Crippen LogP contribution in [0, 0.1) is 18.3 Å². The molecule has 0 saturated heterocycles. The van der Waals surface area contributed by atoms with Gasteiger partial charge in [0.05, 0.1) is 7.11 Å². The smallest absolute Gasteiger partial charge is 0.226 e. The number of hydrogen-bond donors (Lipinski definition) is 1. The Bertz CT molecular complexity index is 425. The quantitative estimate of drug-likeness (QED) is 0.848. The van der Waals surface area contributed by atoms with Crippen molar-refractivity contribution in [1.82, 2.24) is 9.97 Å². The van der Waals surface area contributed by atoms with Gasteiger partial charge in [-0.3, -0.25) is 0 Å². The summed E-state index contributed by atoms with van der Waals surface area (Å²) >= 11 is 0. The van der Waals surface area contributed by atoms with Gasteiger partial charge in [-0.1, -0.05) is 0 Å². The first-order chi connectivity index (χ1) is 8.22. The fourth-order valence-corrected chi connectivity index (χ4v) is 2.56. The molecule has 1 heterocycles. The Kier molecular flexibility index (Phi) is 2.45. The predicted molar refractivity (Wildman–Crippen MR) is 66.2 cm³/mol. The maximum atomic E-state index is 5.15. The molecule has 0 amide bonds. The molecule has 2 fully saturated rings. The van der Waals surface area contributed by atoms with Crippen LogP contribution in [0.3, 0.4) is 0 Å². The summed E-state index contributed by atoms with van der Waals surface area (Å²) in [6.07, 6.45) is 5.57. The third-order valence-electron chi connectivity index (χ3n) is 3.97. The van der Waals surface area contributed by atoms with Crippen LogP contribution in [0.4, 0.5) is 5.95 Å². The molecule has 0 bridgehead atoms. The van der Waals surface area contributed by atoms with Crippen molar-refractivity contribution in [3.63, 3.8) is 0 Å². The highest BCUT2D eigenvalue weighted by Gasteiger charge is 2.53. The Balaban J connectivity index is 1.66. The predicted octanol–water partition coefficient (Wildman–Crippen LogP) is 2.40. The van der Waals surface area contributed by atoms with Gasteiger partial charge in [0.25, 0.3) is 0 Å². The fraction of sp³-hybridized carbons (Fsp3) is 0.692. The molecule has 0 spiro atoms. The zero-order valence-electron chi connectivity index (χ0n) is 10.5. The van der Waals surface area contributed by atoms with E-state index in [0.717, 1.165) is 18.2 Å². The third kappa shape index (κ3) is 2.21. The molecule has 0 unspecified atom stereocenters. The minimum absolute atomic E-state index is 0.570. The van der Waals surface area contributed by atoms with Gasteiger partial charge < -0.3 is 10.1 Å². The van der Waals surface area contributed by atoms with Gasteiger partial charge in [0.1, 0.15) is 0 Å². The van der Waals surface area contributed by atoms with Crippen LogP contribution in [-0.4, -0.2) is 23.6 Å². The highest BCUT2D eigenvalue weighted by Crippen LogP contribution is 2.61. The Morgan fingerprint density at radius 1 is 1.41 bits per heavy atom. The Morgan fingerprint density at radius 2 is 2.18 bits per heavy atom. The molecule has 3 rings (SSSR count). The summed E-state index contributed by atoms with van der Waals surface area (Å²) in [5.74, 6) is 2.30. The molecule has 1 aromatic rings. The van der Waals surface area contributed by atoms with Crippen molar-refractivity contribution >= 4 is 5.95 Å². The van der Waals surface area contributed by atoms with Crippen molar-refractivity contribution in [1.29, 1.82) is 0 Å². The van der Waals surface area contributed by atoms with Gasteiger partial charge >= 0.3 is 0 Å². The molecule has 4 heteroatoms. The van der Waals surface area contributed by atoms with Gasteiger partial charge in [-0.25, -0.2) is 4.98 Å². The number of nitrogens with one attached hydrogen (secondary N) is 1. The van der Waals surface area contributed by atoms with E-state index in [-0.39, 0.29) is 0 Å². The van der Waals surface area contributed by atoms with Crippen LogP contribution < -0.4 is 10.1 Å². The minimum atomic E-state index is 0.570. The van der Waals surface area contributed by atoms with Gasteiger partial charge in [-0.05, 0) is 43.9 Å². The molecule has 2 aliphatic rings. The molecule has 4 nitrogen and oxygen atoms in total. The lowest BCUT2D eigenvalue weighted by Crippen LogP contribution is -2.19. The van der Waals surface area contributed by atoms with Crippen molar-refractivity contribution in [3.8, 4) is 5.88 Å². The molecule has 17 heavy (non-hydrogen) atoms. The summed E-state index contributed by atoms with van der Waals surface area (Å²) in [4.78, 5) is 8.71. The molecule has 2 aliphatic carbocycles. The van der Waals surface area contributed by atoms with Crippen molar-refractivity contribution in [2.75, 3.05) is 19.0 Å². The van der Waals surface area contributed by atoms with E-state index in [0.29, 0.717) is 17.2 Å². The van der Waals surface area contributed by atoms with E-state index >= 15 is 0 Å². The number of nitrogens with zero attached hydrogens (tertiary/aromatic N) is 2. The van der Waals surface area contributed by atoms with Crippen molar-refractivity contribution in [3.05, 3.63) is 11.8 Å². The van der Waals surface area contributed by atoms with E-state index in [1.807, 2.05) is 13.0 Å². The largest absolute Gasteiger partial charge is 0.481 e. The van der Waals surface area contributed by atoms with Crippen LogP contribution in [0.15, 0.2) is 6.07 Å². The molecule has 1 N–H and O–H groups in total. The molecular formula is C13H19N3O. The summed E-state index contributed by atoms with van der Waals surface area (Å²) in [7, 11) is 1.64. The second kappa shape index (κ2) is 3.86. The minimum Gasteiger partial charge on any atom is -0.481 e. The molecule has 2 saturated carbocycles. The highest BCUT2D eigenvalue weighted by atomic mass is 16.5. The maximum Gasteiger partial charge on any atom is 0.226 e. The van der Waals surface area contributed by atoms with Gasteiger partial charge in [-0.15, -0.1) is 0 Å². The lowest BCUT2D eigenvalue weighted by atomic mass is 10.0. The van der Waals surface area contributed by atoms with Gasteiger partial charge in [0.2, 0.25) is 11.8 Å². The first kappa shape index (κ1) is 10.8. The lowest BCUT2D eigenvalue weighted by molar-refractivity contribution is 0.396. The van der Waals surface area contributed by atoms with E-state index in [9.17, 15) is 0 Å². The van der Waals surface area contributed by atoms with E-state index in [4.69, 9.17) is 4.74 Å². The summed E-state index contributed by atoms with van der Waals surface area (Å²) in [5.41, 5.74) is 1.51. The SMILES string of the molecule is COc1cc(C)nc(NCC2(C3CC3)CC2)n1. The number of aryl methyl sites for hydroxylation is 1. The summed E-state index contributed by atoms with van der Waals surface area (Å²) in [6, 6.07) is 1.85. The van der Waals surface area contributed by atoms with Gasteiger partial charge in [-0.2, -0.15) is 4.98 Å².